The van der Waals surface area contributed by atoms with Crippen LogP contribution in [0.3, 0.4) is 0 Å². The van der Waals surface area contributed by atoms with Gasteiger partial charge in [-0.1, -0.05) is 41.5 Å². The van der Waals surface area contributed by atoms with E-state index in [1.165, 1.54) is 0 Å². The van der Waals surface area contributed by atoms with Gasteiger partial charge in [-0.25, -0.2) is 4.79 Å². The minimum atomic E-state index is -1.24. The number of aliphatic carboxylic acids is 1. The van der Waals surface area contributed by atoms with Crippen LogP contribution in [-0.4, -0.2) is 76.4 Å². The summed E-state index contributed by atoms with van der Waals surface area (Å²) in [5.74, 6) is -4.27. The van der Waals surface area contributed by atoms with Gasteiger partial charge in [0.15, 0.2) is 0 Å². The molecule has 0 aliphatic rings. The van der Waals surface area contributed by atoms with Crippen molar-refractivity contribution in [1.82, 2.24) is 21.3 Å². The van der Waals surface area contributed by atoms with Gasteiger partial charge >= 0.3 is 5.97 Å². The molecule has 0 aliphatic heterocycles. The number of amides is 4. The molecule has 0 saturated carbocycles. The molecule has 4 amide bonds. The monoisotopic (exact) mass is 535 g/mol. The lowest BCUT2D eigenvalue weighted by atomic mass is 9.98. The van der Waals surface area contributed by atoms with Crippen molar-refractivity contribution in [1.29, 1.82) is 0 Å². The Bertz CT molecular complexity index is 750. The molecule has 202 valence electrons. The van der Waals surface area contributed by atoms with E-state index in [0.29, 0.717) is 0 Å². The summed E-state index contributed by atoms with van der Waals surface area (Å²) in [6, 6.07) is -5.07. The molecule has 0 spiro atoms. The van der Waals surface area contributed by atoms with Crippen molar-refractivity contribution in [3.8, 4) is 0 Å². The minimum Gasteiger partial charge on any atom is -0.480 e. The van der Waals surface area contributed by atoms with E-state index in [-0.39, 0.29) is 35.7 Å². The molecule has 7 N–H and O–H groups in total. The maximum absolute atomic E-state index is 13.1. The standard InChI is InChI=1S/C22H41N5O6S2/c1-10(2)7-14(24-20(30)16(11(3)4)26-18(28)13(23)8-34)19(29)27-17(12(5)6)21(31)25-15(9-35)22(32)33/h10-17,34-35H,7-9,23H2,1-6H3,(H,24,30)(H,25,31)(H,26,28)(H,27,29)(H,32,33)/t13-,14-,15-,16-,17-/m0/s1. The SMILES string of the molecule is CC(C)C[C@H](NC(=O)[C@@H](NC(=O)[C@@H](N)CS)C(C)C)C(=O)N[C@H](C(=O)N[C@@H](CS)C(=O)O)C(C)C. The van der Waals surface area contributed by atoms with E-state index in [1.54, 1.807) is 27.7 Å². The predicted octanol–water partition coefficient (Wildman–Crippen LogP) is -0.445. The van der Waals surface area contributed by atoms with Crippen molar-refractivity contribution in [3.05, 3.63) is 0 Å². The van der Waals surface area contributed by atoms with Gasteiger partial charge in [0.2, 0.25) is 23.6 Å². The normalized spacial score (nSPS) is 15.7. The van der Waals surface area contributed by atoms with Crippen LogP contribution in [-0.2, 0) is 24.0 Å². The first-order valence-corrected chi connectivity index (χ1v) is 12.8. The van der Waals surface area contributed by atoms with Crippen LogP contribution in [0, 0.1) is 17.8 Å². The van der Waals surface area contributed by atoms with Crippen LogP contribution >= 0.6 is 25.3 Å². The van der Waals surface area contributed by atoms with Crippen LogP contribution in [0.5, 0.6) is 0 Å². The Hall–Kier alpha value is -1.99. The zero-order valence-corrected chi connectivity index (χ0v) is 23.0. The number of carbonyl (C=O) groups excluding carboxylic acids is 4. The number of carboxylic acids is 1. The highest BCUT2D eigenvalue weighted by Gasteiger charge is 2.33. The molecule has 0 bridgehead atoms. The van der Waals surface area contributed by atoms with Gasteiger partial charge < -0.3 is 32.1 Å². The molecule has 0 aromatic heterocycles. The van der Waals surface area contributed by atoms with Gasteiger partial charge in [-0.05, 0) is 24.2 Å². The molecule has 35 heavy (non-hydrogen) atoms. The third-order valence-corrected chi connectivity index (χ3v) is 5.92. The molecule has 0 aromatic carbocycles. The van der Waals surface area contributed by atoms with Crippen molar-refractivity contribution < 1.29 is 29.1 Å². The molecule has 0 heterocycles. The summed E-state index contributed by atoms with van der Waals surface area (Å²) in [6.07, 6.45) is 0.271. The largest absolute Gasteiger partial charge is 0.480 e. The quantitative estimate of drug-likeness (QED) is 0.131. The van der Waals surface area contributed by atoms with Crippen molar-refractivity contribution >= 4 is 54.9 Å². The Morgan fingerprint density at radius 2 is 1.11 bits per heavy atom. The molecule has 11 nitrogen and oxygen atoms in total. The number of carbonyl (C=O) groups is 5. The van der Waals surface area contributed by atoms with Gasteiger partial charge in [-0.3, -0.25) is 19.2 Å². The van der Waals surface area contributed by atoms with Crippen LogP contribution in [0.4, 0.5) is 0 Å². The number of rotatable bonds is 15. The third-order valence-electron chi connectivity index (χ3n) is 5.16. The number of nitrogens with two attached hydrogens (primary N) is 1. The molecule has 13 heteroatoms. The zero-order chi connectivity index (χ0) is 27.5. The van der Waals surface area contributed by atoms with Crippen molar-refractivity contribution in [2.75, 3.05) is 11.5 Å². The molecule has 0 radical (unpaired) electrons. The fourth-order valence-corrected chi connectivity index (χ4v) is 3.49. The van der Waals surface area contributed by atoms with Gasteiger partial charge in [0.1, 0.15) is 24.2 Å². The van der Waals surface area contributed by atoms with E-state index in [0.717, 1.165) is 0 Å². The van der Waals surface area contributed by atoms with E-state index < -0.39 is 59.8 Å². The second-order valence-corrected chi connectivity index (χ2v) is 10.3. The van der Waals surface area contributed by atoms with Crippen LogP contribution in [0.15, 0.2) is 0 Å². The van der Waals surface area contributed by atoms with Gasteiger partial charge in [0.05, 0.1) is 6.04 Å². The smallest absolute Gasteiger partial charge is 0.327 e. The average molecular weight is 536 g/mol. The van der Waals surface area contributed by atoms with Gasteiger partial charge in [0, 0.05) is 11.5 Å². The lowest BCUT2D eigenvalue weighted by Gasteiger charge is -2.29. The van der Waals surface area contributed by atoms with Crippen molar-refractivity contribution in [3.63, 3.8) is 0 Å². The predicted molar refractivity (Wildman–Crippen MR) is 140 cm³/mol. The molecule has 0 aliphatic carbocycles. The number of carboxylic acid groups (broad SMARTS) is 1. The average Bonchev–Trinajstić information content (AvgIpc) is 2.76. The van der Waals surface area contributed by atoms with Crippen LogP contribution in [0.1, 0.15) is 48.0 Å². The topological polar surface area (TPSA) is 180 Å². The molecular formula is C22H41N5O6S2. The Morgan fingerprint density at radius 1 is 0.686 bits per heavy atom. The fourth-order valence-electron chi connectivity index (χ4n) is 3.08. The Balaban J connectivity index is 5.64. The van der Waals surface area contributed by atoms with E-state index in [1.807, 2.05) is 13.8 Å². The summed E-state index contributed by atoms with van der Waals surface area (Å²) >= 11 is 7.93. The summed E-state index contributed by atoms with van der Waals surface area (Å²) < 4.78 is 0. The maximum Gasteiger partial charge on any atom is 0.327 e. The second kappa shape index (κ2) is 15.9. The third kappa shape index (κ3) is 11.5. The van der Waals surface area contributed by atoms with Crippen LogP contribution in [0.25, 0.3) is 0 Å². The molecule has 0 aromatic rings. The van der Waals surface area contributed by atoms with Gasteiger partial charge in [-0.15, -0.1) is 0 Å². The zero-order valence-electron chi connectivity index (χ0n) is 21.2. The van der Waals surface area contributed by atoms with E-state index in [9.17, 15) is 29.1 Å². The highest BCUT2D eigenvalue weighted by Crippen LogP contribution is 2.10. The molecular weight excluding hydrogens is 494 g/mol. The Morgan fingerprint density at radius 3 is 1.46 bits per heavy atom. The summed E-state index contributed by atoms with van der Waals surface area (Å²) in [5, 5.41) is 19.5. The van der Waals surface area contributed by atoms with Crippen molar-refractivity contribution in [2.24, 2.45) is 23.5 Å². The summed E-state index contributed by atoms with van der Waals surface area (Å²) in [6.45, 7) is 10.6. The number of hydrogen-bond donors (Lipinski definition) is 8. The summed E-state index contributed by atoms with van der Waals surface area (Å²) in [7, 11) is 0. The van der Waals surface area contributed by atoms with Gasteiger partial charge in [-0.2, -0.15) is 25.3 Å². The Labute approximate surface area is 218 Å². The fraction of sp³-hybridized carbons (Fsp3) is 0.773. The minimum absolute atomic E-state index is 0.0163. The number of nitrogens with one attached hydrogen (secondary N) is 4. The van der Waals surface area contributed by atoms with Crippen molar-refractivity contribution in [2.45, 2.75) is 78.2 Å². The summed E-state index contributed by atoms with van der Waals surface area (Å²) in [5.41, 5.74) is 5.69. The molecule has 5 atom stereocenters. The molecule has 0 unspecified atom stereocenters. The first-order valence-electron chi connectivity index (χ1n) is 11.6. The van der Waals surface area contributed by atoms with Gasteiger partial charge in [0.25, 0.3) is 0 Å². The number of thiol groups is 2. The maximum atomic E-state index is 13.1. The van der Waals surface area contributed by atoms with Crippen LogP contribution < -0.4 is 27.0 Å². The number of hydrogen-bond acceptors (Lipinski definition) is 8. The first-order chi connectivity index (χ1) is 16.2. The highest BCUT2D eigenvalue weighted by molar-refractivity contribution is 7.80. The van der Waals surface area contributed by atoms with E-state index >= 15 is 0 Å². The first kappa shape index (κ1) is 33.0. The lowest BCUT2D eigenvalue weighted by molar-refractivity contribution is -0.142. The second-order valence-electron chi connectivity index (χ2n) is 9.52. The molecule has 0 rings (SSSR count). The summed E-state index contributed by atoms with van der Waals surface area (Å²) in [4.78, 5) is 62.3. The molecule has 0 fully saturated rings. The van der Waals surface area contributed by atoms with E-state index in [4.69, 9.17) is 5.73 Å². The lowest BCUT2D eigenvalue weighted by Crippen LogP contribution is -2.60. The van der Waals surface area contributed by atoms with E-state index in [2.05, 4.69) is 46.5 Å². The molecule has 0 saturated heterocycles. The highest BCUT2D eigenvalue weighted by atomic mass is 32.1. The Kier molecular flexibility index (Phi) is 15.0. The van der Waals surface area contributed by atoms with Crippen LogP contribution in [0.2, 0.25) is 0 Å².